The Morgan fingerprint density at radius 1 is 1.33 bits per heavy atom. The third-order valence-corrected chi connectivity index (χ3v) is 3.44. The predicted molar refractivity (Wildman–Crippen MR) is 97.0 cm³/mol. The molecule has 0 atom stereocenters. The van der Waals surface area contributed by atoms with Gasteiger partial charge in [0.05, 0.1) is 18.2 Å². The molecule has 0 aliphatic carbocycles. The number of ether oxygens (including phenoxy) is 2. The van der Waals surface area contributed by atoms with Crippen LogP contribution in [0.1, 0.15) is 5.56 Å². The fourth-order valence-corrected chi connectivity index (χ4v) is 2.35. The van der Waals surface area contributed by atoms with Crippen molar-refractivity contribution in [2.24, 2.45) is 10.7 Å². The number of nitrogens with one attached hydrogen (secondary N) is 1. The van der Waals surface area contributed by atoms with Crippen LogP contribution in [0.2, 0.25) is 10.0 Å². The Kier molecular flexibility index (Phi) is 7.11. The van der Waals surface area contributed by atoms with Crippen molar-refractivity contribution in [1.82, 2.24) is 4.98 Å². The molecule has 0 aliphatic heterocycles. The van der Waals surface area contributed by atoms with E-state index in [0.29, 0.717) is 29.1 Å². The van der Waals surface area contributed by atoms with E-state index in [-0.39, 0.29) is 12.6 Å². The quantitative estimate of drug-likeness (QED) is 0.444. The third kappa shape index (κ3) is 5.56. The standard InChI is InChI=1S/C16H18Cl2N4O2/c1-23-10-11-4-2-3-5-14(11)22-16(19)20-6-7-24-15-13(18)8-12(17)9-21-15/h2-5,8-9H,6-7,10H2,1H3,(H3,19,20,22). The molecular formula is C16H18Cl2N4O2. The average molecular weight is 369 g/mol. The summed E-state index contributed by atoms with van der Waals surface area (Å²) in [6, 6.07) is 9.27. The van der Waals surface area contributed by atoms with Gasteiger partial charge < -0.3 is 20.5 Å². The van der Waals surface area contributed by atoms with Gasteiger partial charge in [-0.25, -0.2) is 9.98 Å². The summed E-state index contributed by atoms with van der Waals surface area (Å²) in [6.07, 6.45) is 1.47. The highest BCUT2D eigenvalue weighted by atomic mass is 35.5. The van der Waals surface area contributed by atoms with Crippen molar-refractivity contribution in [3.63, 3.8) is 0 Å². The minimum Gasteiger partial charge on any atom is -0.475 e. The second-order valence-corrected chi connectivity index (χ2v) is 5.61. The molecule has 1 aromatic heterocycles. The summed E-state index contributed by atoms with van der Waals surface area (Å²) >= 11 is 11.7. The van der Waals surface area contributed by atoms with E-state index < -0.39 is 0 Å². The van der Waals surface area contributed by atoms with Crippen molar-refractivity contribution in [2.75, 3.05) is 25.6 Å². The molecule has 0 fully saturated rings. The second kappa shape index (κ2) is 9.32. The first-order valence-electron chi connectivity index (χ1n) is 7.17. The Morgan fingerprint density at radius 3 is 2.88 bits per heavy atom. The van der Waals surface area contributed by atoms with Gasteiger partial charge >= 0.3 is 0 Å². The van der Waals surface area contributed by atoms with Crippen LogP contribution in [0.25, 0.3) is 0 Å². The summed E-state index contributed by atoms with van der Waals surface area (Å²) in [5.41, 5.74) is 7.73. The van der Waals surface area contributed by atoms with Crippen LogP contribution in [0.15, 0.2) is 41.5 Å². The van der Waals surface area contributed by atoms with Gasteiger partial charge in [-0.2, -0.15) is 0 Å². The Bertz CT molecular complexity index is 710. The number of rotatable bonds is 7. The topological polar surface area (TPSA) is 81.8 Å². The second-order valence-electron chi connectivity index (χ2n) is 4.77. The predicted octanol–water partition coefficient (Wildman–Crippen LogP) is 3.34. The molecule has 0 spiro atoms. The molecule has 128 valence electrons. The van der Waals surface area contributed by atoms with Crippen LogP contribution in [-0.2, 0) is 11.3 Å². The van der Waals surface area contributed by atoms with E-state index in [1.54, 1.807) is 13.2 Å². The van der Waals surface area contributed by atoms with Crippen LogP contribution in [-0.4, -0.2) is 31.2 Å². The lowest BCUT2D eigenvalue weighted by molar-refractivity contribution is 0.185. The van der Waals surface area contributed by atoms with Gasteiger partial charge in [0.15, 0.2) is 5.96 Å². The van der Waals surface area contributed by atoms with Crippen molar-refractivity contribution in [2.45, 2.75) is 6.61 Å². The number of guanidine groups is 1. The van der Waals surface area contributed by atoms with E-state index in [9.17, 15) is 0 Å². The van der Waals surface area contributed by atoms with Gasteiger partial charge in [0.2, 0.25) is 5.88 Å². The van der Waals surface area contributed by atoms with Crippen molar-refractivity contribution in [3.05, 3.63) is 52.1 Å². The van der Waals surface area contributed by atoms with E-state index in [0.717, 1.165) is 11.3 Å². The zero-order chi connectivity index (χ0) is 17.4. The Labute approximate surface area is 150 Å². The van der Waals surface area contributed by atoms with Crippen LogP contribution in [0.4, 0.5) is 5.69 Å². The number of nitrogens with zero attached hydrogens (tertiary/aromatic N) is 2. The maximum Gasteiger partial charge on any atom is 0.232 e. The highest BCUT2D eigenvalue weighted by Crippen LogP contribution is 2.24. The van der Waals surface area contributed by atoms with E-state index in [4.69, 9.17) is 38.4 Å². The van der Waals surface area contributed by atoms with E-state index in [2.05, 4.69) is 15.3 Å². The molecule has 0 unspecified atom stereocenters. The van der Waals surface area contributed by atoms with Crippen molar-refractivity contribution in [1.29, 1.82) is 0 Å². The van der Waals surface area contributed by atoms with Crippen molar-refractivity contribution < 1.29 is 9.47 Å². The maximum absolute atomic E-state index is 5.97. The minimum atomic E-state index is 0.288. The van der Waals surface area contributed by atoms with Gasteiger partial charge in [0.25, 0.3) is 0 Å². The fraction of sp³-hybridized carbons (Fsp3) is 0.250. The number of anilines is 1. The number of hydrogen-bond donors (Lipinski definition) is 2. The van der Waals surface area contributed by atoms with Gasteiger partial charge in [-0.1, -0.05) is 41.4 Å². The molecule has 0 bridgehead atoms. The summed E-state index contributed by atoms with van der Waals surface area (Å²) in [7, 11) is 1.64. The Hall–Kier alpha value is -2.02. The molecule has 0 radical (unpaired) electrons. The van der Waals surface area contributed by atoms with Gasteiger partial charge in [0.1, 0.15) is 11.6 Å². The zero-order valence-electron chi connectivity index (χ0n) is 13.1. The van der Waals surface area contributed by atoms with Crippen molar-refractivity contribution >= 4 is 34.8 Å². The molecule has 2 rings (SSSR count). The first-order chi connectivity index (χ1) is 11.6. The number of halogens is 2. The molecule has 2 aromatic rings. The molecular weight excluding hydrogens is 351 g/mol. The number of hydrogen-bond acceptors (Lipinski definition) is 4. The van der Waals surface area contributed by atoms with E-state index in [1.165, 1.54) is 6.20 Å². The number of nitrogens with two attached hydrogens (primary N) is 1. The number of pyridine rings is 1. The maximum atomic E-state index is 5.97. The van der Waals surface area contributed by atoms with Crippen LogP contribution in [0, 0.1) is 0 Å². The first kappa shape index (κ1) is 18.3. The summed E-state index contributed by atoms with van der Waals surface area (Å²) in [6.45, 7) is 1.13. The molecule has 6 nitrogen and oxygen atoms in total. The van der Waals surface area contributed by atoms with Gasteiger partial charge in [-0.05, 0) is 12.1 Å². The normalized spacial score (nSPS) is 11.4. The third-order valence-electron chi connectivity index (χ3n) is 2.97. The largest absolute Gasteiger partial charge is 0.475 e. The Morgan fingerprint density at radius 2 is 2.12 bits per heavy atom. The van der Waals surface area contributed by atoms with E-state index >= 15 is 0 Å². The molecule has 1 aromatic carbocycles. The highest BCUT2D eigenvalue weighted by molar-refractivity contribution is 6.35. The summed E-state index contributed by atoms with van der Waals surface area (Å²) < 4.78 is 10.6. The van der Waals surface area contributed by atoms with E-state index in [1.807, 2.05) is 24.3 Å². The van der Waals surface area contributed by atoms with Crippen LogP contribution in [0.3, 0.4) is 0 Å². The van der Waals surface area contributed by atoms with Gasteiger partial charge in [-0.3, -0.25) is 0 Å². The SMILES string of the molecule is COCc1ccccc1NC(N)=NCCOc1ncc(Cl)cc1Cl. The molecule has 0 saturated heterocycles. The lowest BCUT2D eigenvalue weighted by atomic mass is 10.2. The number of aliphatic imine (C=N–C) groups is 1. The summed E-state index contributed by atoms with van der Waals surface area (Å²) in [5.74, 6) is 0.602. The molecule has 0 amide bonds. The van der Waals surface area contributed by atoms with Crippen LogP contribution >= 0.6 is 23.2 Å². The number of benzene rings is 1. The lowest BCUT2D eigenvalue weighted by Gasteiger charge is -2.11. The van der Waals surface area contributed by atoms with Crippen LogP contribution < -0.4 is 15.8 Å². The monoisotopic (exact) mass is 368 g/mol. The molecule has 0 aliphatic rings. The number of methoxy groups -OCH3 is 1. The minimum absolute atomic E-state index is 0.288. The van der Waals surface area contributed by atoms with Gasteiger partial charge in [0, 0.05) is 24.6 Å². The molecule has 24 heavy (non-hydrogen) atoms. The van der Waals surface area contributed by atoms with Gasteiger partial charge in [-0.15, -0.1) is 0 Å². The average Bonchev–Trinajstić information content (AvgIpc) is 2.55. The summed E-state index contributed by atoms with van der Waals surface area (Å²) in [4.78, 5) is 8.20. The smallest absolute Gasteiger partial charge is 0.232 e. The highest BCUT2D eigenvalue weighted by Gasteiger charge is 2.04. The van der Waals surface area contributed by atoms with Crippen molar-refractivity contribution in [3.8, 4) is 5.88 Å². The lowest BCUT2D eigenvalue weighted by Crippen LogP contribution is -2.24. The number of aromatic nitrogens is 1. The first-order valence-corrected chi connectivity index (χ1v) is 7.93. The van der Waals surface area contributed by atoms with Crippen LogP contribution in [0.5, 0.6) is 5.88 Å². The molecule has 8 heteroatoms. The number of para-hydroxylation sites is 1. The zero-order valence-corrected chi connectivity index (χ0v) is 14.6. The fourth-order valence-electron chi connectivity index (χ4n) is 1.92. The molecule has 3 N–H and O–H groups in total. The molecule has 1 heterocycles. The Balaban J connectivity index is 1.86. The molecule has 0 saturated carbocycles. The summed E-state index contributed by atoms with van der Waals surface area (Å²) in [5, 5.41) is 3.85.